The number of ether oxygens (including phenoxy) is 2. The Morgan fingerprint density at radius 1 is 1.08 bits per heavy atom. The fourth-order valence-corrected chi connectivity index (χ4v) is 5.32. The number of nitrogens with zero attached hydrogens (tertiary/aromatic N) is 1. The van der Waals surface area contributed by atoms with E-state index in [9.17, 15) is 4.79 Å². The first-order valence-corrected chi connectivity index (χ1v) is 10.3. The first-order valence-electron chi connectivity index (χ1n) is 10.3. The standard InChI is InChI=1S/C20H36NO3.BrH/c1-5-8-11-21(4)16-12-15(13-17(21)19-18(16)24-19)23-20(22)14(9-6-2)10-7-3;/h14-19H,5-13H2,1-4H3;1H/q+1;/p-1/t15?,16-,17-,18-,19+,21?;/m0./s1. The number of esters is 1. The van der Waals surface area contributed by atoms with Gasteiger partial charge in [0.2, 0.25) is 0 Å². The molecule has 0 amide bonds. The molecule has 3 heterocycles. The maximum absolute atomic E-state index is 12.6. The van der Waals surface area contributed by atoms with E-state index in [1.165, 1.54) is 19.4 Å². The second kappa shape index (κ2) is 8.71. The molecule has 0 aromatic carbocycles. The number of epoxide rings is 1. The molecule has 0 radical (unpaired) electrons. The third-order valence-corrected chi connectivity index (χ3v) is 6.73. The van der Waals surface area contributed by atoms with Crippen molar-refractivity contribution in [3.05, 3.63) is 0 Å². The van der Waals surface area contributed by atoms with Crippen LogP contribution in [0.3, 0.4) is 0 Å². The maximum atomic E-state index is 12.6. The Morgan fingerprint density at radius 3 is 2.12 bits per heavy atom. The molecule has 2 unspecified atom stereocenters. The van der Waals surface area contributed by atoms with Gasteiger partial charge in [0.1, 0.15) is 30.4 Å². The Labute approximate surface area is 164 Å². The number of halogens is 1. The number of fused-ring (bicyclic) bond motifs is 5. The van der Waals surface area contributed by atoms with Crippen LogP contribution in [0.25, 0.3) is 0 Å². The molecule has 25 heavy (non-hydrogen) atoms. The lowest BCUT2D eigenvalue weighted by molar-refractivity contribution is -0.956. The molecule has 0 aromatic heterocycles. The zero-order valence-electron chi connectivity index (χ0n) is 16.4. The molecule has 0 spiro atoms. The Balaban J connectivity index is 0.00000225. The third kappa shape index (κ3) is 4.08. The number of likely N-dealkylation sites (N-methyl/N-ethyl adjacent to an activating group) is 1. The summed E-state index contributed by atoms with van der Waals surface area (Å²) in [6.07, 6.45) is 9.54. The van der Waals surface area contributed by atoms with Gasteiger partial charge < -0.3 is 30.9 Å². The van der Waals surface area contributed by atoms with E-state index in [1.54, 1.807) is 0 Å². The average molecular weight is 418 g/mol. The summed E-state index contributed by atoms with van der Waals surface area (Å²) in [5.41, 5.74) is 0. The lowest BCUT2D eigenvalue weighted by atomic mass is 9.94. The predicted octanol–water partition coefficient (Wildman–Crippen LogP) is 0.677. The van der Waals surface area contributed by atoms with Gasteiger partial charge in [0, 0.05) is 12.8 Å². The number of hydrogen-bond acceptors (Lipinski definition) is 3. The highest BCUT2D eigenvalue weighted by Crippen LogP contribution is 2.52. The van der Waals surface area contributed by atoms with Gasteiger partial charge in [-0.25, -0.2) is 0 Å². The van der Waals surface area contributed by atoms with Crippen LogP contribution in [0.4, 0.5) is 0 Å². The fourth-order valence-electron chi connectivity index (χ4n) is 5.32. The molecule has 3 rings (SSSR count). The normalized spacial score (nSPS) is 38.2. The van der Waals surface area contributed by atoms with Gasteiger partial charge in [-0.1, -0.05) is 40.0 Å². The van der Waals surface area contributed by atoms with Crippen LogP contribution in [-0.2, 0) is 14.3 Å². The highest BCUT2D eigenvalue weighted by Gasteiger charge is 2.71. The first kappa shape index (κ1) is 21.2. The van der Waals surface area contributed by atoms with E-state index >= 15 is 0 Å². The Morgan fingerprint density at radius 2 is 1.64 bits per heavy atom. The lowest BCUT2D eigenvalue weighted by Gasteiger charge is -2.48. The minimum Gasteiger partial charge on any atom is -1.00 e. The van der Waals surface area contributed by atoms with E-state index in [1.807, 2.05) is 0 Å². The van der Waals surface area contributed by atoms with Gasteiger partial charge in [0.15, 0.2) is 0 Å². The van der Waals surface area contributed by atoms with Gasteiger partial charge >= 0.3 is 5.97 Å². The van der Waals surface area contributed by atoms with Crippen molar-refractivity contribution in [2.24, 2.45) is 5.92 Å². The van der Waals surface area contributed by atoms with Gasteiger partial charge in [0.05, 0.1) is 19.5 Å². The van der Waals surface area contributed by atoms with Crippen LogP contribution in [0.2, 0.25) is 0 Å². The Kier molecular flexibility index (Phi) is 7.37. The number of carbonyl (C=O) groups excluding carboxylic acids is 1. The van der Waals surface area contributed by atoms with Crippen LogP contribution in [0.15, 0.2) is 0 Å². The number of unbranched alkanes of at least 4 members (excludes halogenated alkanes) is 1. The number of hydrogen-bond donors (Lipinski definition) is 0. The summed E-state index contributed by atoms with van der Waals surface area (Å²) in [5.74, 6) is 0.161. The molecular weight excluding hydrogens is 382 g/mol. The minimum atomic E-state index is 0. The van der Waals surface area contributed by atoms with Crippen LogP contribution in [-0.4, -0.2) is 54.4 Å². The molecule has 3 aliphatic rings. The van der Waals surface area contributed by atoms with Crippen molar-refractivity contribution in [3.8, 4) is 0 Å². The minimum absolute atomic E-state index is 0. The summed E-state index contributed by atoms with van der Waals surface area (Å²) in [6.45, 7) is 7.81. The van der Waals surface area contributed by atoms with Crippen LogP contribution < -0.4 is 17.0 Å². The zero-order chi connectivity index (χ0) is 17.3. The number of quaternary nitrogens is 1. The van der Waals surface area contributed by atoms with E-state index in [0.717, 1.165) is 43.0 Å². The van der Waals surface area contributed by atoms with Crippen molar-refractivity contribution in [1.29, 1.82) is 0 Å². The van der Waals surface area contributed by atoms with E-state index in [0.29, 0.717) is 24.3 Å². The van der Waals surface area contributed by atoms with E-state index < -0.39 is 0 Å². The summed E-state index contributed by atoms with van der Waals surface area (Å²) >= 11 is 0. The smallest absolute Gasteiger partial charge is 0.309 e. The maximum Gasteiger partial charge on any atom is 0.309 e. The molecule has 0 aromatic rings. The second-order valence-corrected chi connectivity index (χ2v) is 8.43. The summed E-state index contributed by atoms with van der Waals surface area (Å²) in [4.78, 5) is 12.6. The molecule has 3 aliphatic heterocycles. The van der Waals surface area contributed by atoms with Crippen LogP contribution in [0.5, 0.6) is 0 Å². The lowest BCUT2D eigenvalue weighted by Crippen LogP contribution is -3.00. The molecule has 6 atom stereocenters. The van der Waals surface area contributed by atoms with E-state index in [4.69, 9.17) is 9.47 Å². The third-order valence-electron chi connectivity index (χ3n) is 6.73. The summed E-state index contributed by atoms with van der Waals surface area (Å²) in [7, 11) is 2.41. The predicted molar refractivity (Wildman–Crippen MR) is 94.6 cm³/mol. The molecule has 3 fully saturated rings. The van der Waals surface area contributed by atoms with Crippen LogP contribution in [0.1, 0.15) is 72.1 Å². The van der Waals surface area contributed by atoms with Crippen molar-refractivity contribution in [1.82, 2.24) is 0 Å². The quantitative estimate of drug-likeness (QED) is 0.314. The van der Waals surface area contributed by atoms with Crippen molar-refractivity contribution in [2.75, 3.05) is 13.6 Å². The van der Waals surface area contributed by atoms with Crippen molar-refractivity contribution in [3.63, 3.8) is 0 Å². The summed E-state index contributed by atoms with van der Waals surface area (Å²) < 4.78 is 13.1. The van der Waals surface area contributed by atoms with Gasteiger partial charge in [-0.3, -0.25) is 4.79 Å². The molecule has 3 saturated heterocycles. The molecule has 0 aliphatic carbocycles. The number of rotatable bonds is 9. The van der Waals surface area contributed by atoms with Gasteiger partial charge in [0.25, 0.3) is 0 Å². The topological polar surface area (TPSA) is 38.8 Å². The van der Waals surface area contributed by atoms with Gasteiger partial charge in [-0.2, -0.15) is 0 Å². The van der Waals surface area contributed by atoms with Crippen molar-refractivity contribution < 1.29 is 35.7 Å². The highest BCUT2D eigenvalue weighted by atomic mass is 79.9. The van der Waals surface area contributed by atoms with Crippen molar-refractivity contribution >= 4 is 5.97 Å². The van der Waals surface area contributed by atoms with E-state index in [-0.39, 0.29) is 35.0 Å². The van der Waals surface area contributed by atoms with Crippen LogP contribution >= 0.6 is 0 Å². The van der Waals surface area contributed by atoms with Gasteiger partial charge in [-0.15, -0.1) is 0 Å². The van der Waals surface area contributed by atoms with Crippen molar-refractivity contribution in [2.45, 2.75) is 103 Å². The summed E-state index contributed by atoms with van der Waals surface area (Å²) in [5, 5.41) is 0. The molecule has 146 valence electrons. The molecule has 5 heteroatoms. The largest absolute Gasteiger partial charge is 1.00 e. The number of morpholine rings is 1. The van der Waals surface area contributed by atoms with E-state index in [2.05, 4.69) is 27.8 Å². The number of piperidine rings is 1. The fraction of sp³-hybridized carbons (Fsp3) is 0.950. The summed E-state index contributed by atoms with van der Waals surface area (Å²) in [6, 6.07) is 1.07. The SMILES string of the molecule is CCCC[N+]1(C)[C@H]2CC(OC(=O)C(CCC)CCC)C[C@H]1[C@H]1O[C@H]12.[Br-]. The molecule has 0 N–H and O–H groups in total. The highest BCUT2D eigenvalue weighted by molar-refractivity contribution is 5.72. The second-order valence-electron chi connectivity index (χ2n) is 8.43. The van der Waals surface area contributed by atoms with Crippen LogP contribution in [0, 0.1) is 5.92 Å². The Hall–Kier alpha value is -0.130. The average Bonchev–Trinajstić information content (AvgIpc) is 3.31. The molecule has 2 bridgehead atoms. The molecular formula is C20H36BrNO3. The monoisotopic (exact) mass is 417 g/mol. The molecule has 0 saturated carbocycles. The molecule has 4 nitrogen and oxygen atoms in total. The zero-order valence-corrected chi connectivity index (χ0v) is 18.0. The van der Waals surface area contributed by atoms with Gasteiger partial charge in [-0.05, 0) is 19.3 Å². The Bertz CT molecular complexity index is 434. The first-order chi connectivity index (χ1) is 11.5. The number of carbonyl (C=O) groups is 1.